The van der Waals surface area contributed by atoms with Gasteiger partial charge in [0, 0.05) is 10.5 Å². The van der Waals surface area contributed by atoms with E-state index in [9.17, 15) is 30.3 Å². The summed E-state index contributed by atoms with van der Waals surface area (Å²) < 4.78 is 0.319. The normalized spacial score (nSPS) is 10.3. The van der Waals surface area contributed by atoms with Crippen molar-refractivity contribution in [2.75, 3.05) is 0 Å². The van der Waals surface area contributed by atoms with Crippen LogP contribution in [0.5, 0.6) is 0 Å². The van der Waals surface area contributed by atoms with Gasteiger partial charge in [0.05, 0.1) is 25.9 Å². The molecule has 0 aliphatic heterocycles. The Labute approximate surface area is 144 Å². The molecule has 0 saturated heterocycles. The largest absolute Gasteiger partial charge is 0.360 e. The molecule has 2 aromatic rings. The molecule has 0 amide bonds. The maximum Gasteiger partial charge on any atom is 0.360 e. The van der Waals surface area contributed by atoms with Gasteiger partial charge in [0.1, 0.15) is 4.47 Å². The average Bonchev–Trinajstić information content (AvgIpc) is 2.46. The lowest BCUT2D eigenvalue weighted by molar-refractivity contribution is -0.422. The van der Waals surface area contributed by atoms with Crippen LogP contribution in [0.15, 0.2) is 39.3 Å². The van der Waals surface area contributed by atoms with Crippen LogP contribution in [0.4, 0.5) is 17.1 Å². The zero-order valence-electron chi connectivity index (χ0n) is 10.9. The maximum absolute atomic E-state index is 11.3. The van der Waals surface area contributed by atoms with E-state index in [4.69, 9.17) is 0 Å². The van der Waals surface area contributed by atoms with E-state index in [1.54, 1.807) is 0 Å². The third-order valence-electron chi connectivity index (χ3n) is 2.91. The predicted octanol–water partition coefficient (Wildman–Crippen LogP) is 4.60. The van der Waals surface area contributed by atoms with Gasteiger partial charge < -0.3 is 0 Å². The number of rotatable bonds is 4. The average molecular weight is 447 g/mol. The van der Waals surface area contributed by atoms with Crippen LogP contribution < -0.4 is 0 Å². The SMILES string of the molecule is O=[N+]([O-])c1cc(Br)ccc1-c1ccc(Br)c([N+](=O)[O-])c1[N+](=O)[O-]. The monoisotopic (exact) mass is 445 g/mol. The summed E-state index contributed by atoms with van der Waals surface area (Å²) >= 11 is 5.97. The van der Waals surface area contributed by atoms with Crippen molar-refractivity contribution in [1.29, 1.82) is 0 Å². The van der Waals surface area contributed by atoms with Crippen LogP contribution in [-0.4, -0.2) is 14.8 Å². The molecule has 11 heteroatoms. The molecular formula is C12H5Br2N3O6. The highest BCUT2D eigenvalue weighted by Gasteiger charge is 2.34. The summed E-state index contributed by atoms with van der Waals surface area (Å²) in [6.45, 7) is 0. The van der Waals surface area contributed by atoms with Crippen molar-refractivity contribution in [2.45, 2.75) is 0 Å². The van der Waals surface area contributed by atoms with E-state index in [0.717, 1.165) is 0 Å². The first-order chi connectivity index (χ1) is 10.7. The minimum Gasteiger partial charge on any atom is -0.258 e. The summed E-state index contributed by atoms with van der Waals surface area (Å²) in [5.41, 5.74) is -2.26. The number of nitro groups is 3. The van der Waals surface area contributed by atoms with Crippen LogP contribution in [0, 0.1) is 30.3 Å². The molecule has 0 aromatic heterocycles. The zero-order chi connectivity index (χ0) is 17.3. The second-order valence-corrected chi connectivity index (χ2v) is 5.99. The lowest BCUT2D eigenvalue weighted by Gasteiger charge is -2.06. The predicted molar refractivity (Wildman–Crippen MR) is 87.2 cm³/mol. The minimum atomic E-state index is -0.927. The van der Waals surface area contributed by atoms with Crippen molar-refractivity contribution in [2.24, 2.45) is 0 Å². The summed E-state index contributed by atoms with van der Waals surface area (Å²) in [6, 6.07) is 6.40. The topological polar surface area (TPSA) is 129 Å². The van der Waals surface area contributed by atoms with Crippen LogP contribution in [0.2, 0.25) is 0 Å². The van der Waals surface area contributed by atoms with E-state index in [1.807, 2.05) is 0 Å². The quantitative estimate of drug-likeness (QED) is 0.498. The maximum atomic E-state index is 11.3. The lowest BCUT2D eigenvalue weighted by atomic mass is 10.0. The van der Waals surface area contributed by atoms with Crippen molar-refractivity contribution < 1.29 is 14.8 Å². The fourth-order valence-corrected chi connectivity index (χ4v) is 2.83. The van der Waals surface area contributed by atoms with Crippen LogP contribution in [0.1, 0.15) is 0 Å². The Morgan fingerprint density at radius 1 is 0.739 bits per heavy atom. The molecule has 0 spiro atoms. The number of halogens is 2. The van der Waals surface area contributed by atoms with Crippen LogP contribution in [-0.2, 0) is 0 Å². The Hall–Kier alpha value is -2.40. The first-order valence-corrected chi connectivity index (χ1v) is 7.38. The van der Waals surface area contributed by atoms with Gasteiger partial charge in [0.2, 0.25) is 0 Å². The third kappa shape index (κ3) is 3.19. The zero-order valence-corrected chi connectivity index (χ0v) is 14.1. The molecule has 2 rings (SSSR count). The Bertz CT molecular complexity index is 855. The van der Waals surface area contributed by atoms with Crippen LogP contribution in [0.25, 0.3) is 11.1 Å². The second-order valence-electron chi connectivity index (χ2n) is 4.22. The number of nitrogens with zero attached hydrogens (tertiary/aromatic N) is 3. The minimum absolute atomic E-state index is 0.0829. The number of hydrogen-bond donors (Lipinski definition) is 0. The van der Waals surface area contributed by atoms with E-state index in [1.165, 1.54) is 30.3 Å². The molecule has 118 valence electrons. The summed E-state index contributed by atoms with van der Waals surface area (Å²) in [6.07, 6.45) is 0. The summed E-state index contributed by atoms with van der Waals surface area (Å²) in [4.78, 5) is 31.1. The van der Waals surface area contributed by atoms with Crippen LogP contribution in [0.3, 0.4) is 0 Å². The molecule has 0 aliphatic carbocycles. The van der Waals surface area contributed by atoms with Crippen molar-refractivity contribution >= 4 is 48.9 Å². The van der Waals surface area contributed by atoms with Crippen molar-refractivity contribution in [3.8, 4) is 11.1 Å². The van der Waals surface area contributed by atoms with E-state index in [2.05, 4.69) is 31.9 Å². The first kappa shape index (κ1) is 17.0. The van der Waals surface area contributed by atoms with Crippen LogP contribution >= 0.6 is 31.9 Å². The highest BCUT2D eigenvalue weighted by Crippen LogP contribution is 2.44. The highest BCUT2D eigenvalue weighted by molar-refractivity contribution is 9.10. The second kappa shape index (κ2) is 6.38. The lowest BCUT2D eigenvalue weighted by Crippen LogP contribution is -2.01. The van der Waals surface area contributed by atoms with Gasteiger partial charge in [0.15, 0.2) is 0 Å². The van der Waals surface area contributed by atoms with Gasteiger partial charge in [-0.25, -0.2) is 0 Å². The van der Waals surface area contributed by atoms with Crippen molar-refractivity contribution in [1.82, 2.24) is 0 Å². The highest BCUT2D eigenvalue weighted by atomic mass is 79.9. The van der Waals surface area contributed by atoms with E-state index < -0.39 is 31.8 Å². The van der Waals surface area contributed by atoms with Gasteiger partial charge in [-0.15, -0.1) is 0 Å². The van der Waals surface area contributed by atoms with Crippen molar-refractivity contribution in [3.05, 3.63) is 69.6 Å². The third-order valence-corrected chi connectivity index (χ3v) is 4.05. The van der Waals surface area contributed by atoms with Crippen molar-refractivity contribution in [3.63, 3.8) is 0 Å². The molecule has 2 aromatic carbocycles. The van der Waals surface area contributed by atoms with Gasteiger partial charge in [-0.05, 0) is 40.2 Å². The molecular weight excluding hydrogens is 442 g/mol. The van der Waals surface area contributed by atoms with Gasteiger partial charge >= 0.3 is 11.4 Å². The fourth-order valence-electron chi connectivity index (χ4n) is 2.01. The van der Waals surface area contributed by atoms with E-state index >= 15 is 0 Å². The van der Waals surface area contributed by atoms with E-state index in [-0.39, 0.29) is 15.6 Å². The summed E-state index contributed by atoms with van der Waals surface area (Å²) in [5.74, 6) is 0. The molecule has 0 heterocycles. The molecule has 0 radical (unpaired) electrons. The Morgan fingerprint density at radius 2 is 1.30 bits per heavy atom. The molecule has 0 bridgehead atoms. The van der Waals surface area contributed by atoms with Gasteiger partial charge in [-0.2, -0.15) is 0 Å². The summed E-state index contributed by atoms with van der Waals surface area (Å²) in [7, 11) is 0. The number of hydrogen-bond acceptors (Lipinski definition) is 6. The number of benzene rings is 2. The fraction of sp³-hybridized carbons (Fsp3) is 0. The first-order valence-electron chi connectivity index (χ1n) is 5.79. The standard InChI is InChI=1S/C12H5Br2N3O6/c13-6-1-2-7(10(5-6)15(18)19)8-3-4-9(14)12(17(22)23)11(8)16(20)21/h1-5H. The smallest absolute Gasteiger partial charge is 0.258 e. The Kier molecular flexibility index (Phi) is 4.71. The van der Waals surface area contributed by atoms with Gasteiger partial charge in [-0.1, -0.05) is 15.9 Å². The summed E-state index contributed by atoms with van der Waals surface area (Å²) in [5, 5.41) is 33.6. The van der Waals surface area contributed by atoms with Gasteiger partial charge in [0.25, 0.3) is 5.69 Å². The van der Waals surface area contributed by atoms with Gasteiger partial charge in [-0.3, -0.25) is 30.3 Å². The molecule has 23 heavy (non-hydrogen) atoms. The van der Waals surface area contributed by atoms with E-state index in [0.29, 0.717) is 4.47 Å². The Balaban J connectivity index is 2.90. The molecule has 9 nitrogen and oxygen atoms in total. The molecule has 0 fully saturated rings. The molecule has 0 unspecified atom stereocenters. The molecule has 0 saturated carbocycles. The molecule has 0 atom stereocenters. The number of nitro benzene ring substituents is 3. The molecule has 0 N–H and O–H groups in total. The molecule has 0 aliphatic rings. The Morgan fingerprint density at radius 3 is 1.83 bits per heavy atom.